The predicted octanol–water partition coefficient (Wildman–Crippen LogP) is 1.45. The van der Waals surface area contributed by atoms with Crippen molar-refractivity contribution in [2.45, 2.75) is 20.3 Å². The first-order valence-corrected chi connectivity index (χ1v) is 3.28. The van der Waals surface area contributed by atoms with Gasteiger partial charge in [-0.05, 0) is 6.42 Å². The second-order valence-electron chi connectivity index (χ2n) is 2.88. The van der Waals surface area contributed by atoms with Crippen molar-refractivity contribution in [3.63, 3.8) is 0 Å². The van der Waals surface area contributed by atoms with Crippen LogP contribution in [0.5, 0.6) is 0 Å². The van der Waals surface area contributed by atoms with Crippen LogP contribution >= 0.6 is 0 Å². The maximum atomic E-state index is 11.0. The van der Waals surface area contributed by atoms with Crippen molar-refractivity contribution in [2.24, 2.45) is 10.4 Å². The lowest BCUT2D eigenvalue weighted by molar-refractivity contribution is -0.125. The first kappa shape index (κ1) is 9.79. The maximum absolute atomic E-state index is 11.0. The van der Waals surface area contributed by atoms with E-state index in [1.807, 2.05) is 0 Å². The van der Waals surface area contributed by atoms with Gasteiger partial charge in [-0.1, -0.05) is 19.9 Å². The summed E-state index contributed by atoms with van der Waals surface area (Å²) in [6.45, 7) is 6.91. The zero-order chi connectivity index (χ0) is 8.91. The van der Waals surface area contributed by atoms with E-state index >= 15 is 0 Å². The highest BCUT2D eigenvalue weighted by molar-refractivity contribution is 5.86. The zero-order valence-corrected chi connectivity index (χ0v) is 6.76. The topological polar surface area (TPSA) is 46.5 Å². The van der Waals surface area contributed by atoms with Gasteiger partial charge in [0.05, 0.1) is 5.41 Å². The third-order valence-corrected chi connectivity index (χ3v) is 1.38. The molecule has 0 N–H and O–H groups in total. The van der Waals surface area contributed by atoms with Gasteiger partial charge in [0, 0.05) is 0 Å². The monoisotopic (exact) mass is 153 g/mol. The van der Waals surface area contributed by atoms with Crippen molar-refractivity contribution in [2.75, 3.05) is 0 Å². The highest BCUT2D eigenvalue weighted by Crippen LogP contribution is 2.21. The minimum atomic E-state index is -0.626. The van der Waals surface area contributed by atoms with Crippen LogP contribution in [-0.2, 0) is 9.59 Å². The van der Waals surface area contributed by atoms with Crippen LogP contribution in [0.1, 0.15) is 20.3 Å². The Morgan fingerprint density at radius 1 is 1.73 bits per heavy atom. The second kappa shape index (κ2) is 3.84. The fraction of sp³-hybridized carbons (Fsp3) is 0.500. The lowest BCUT2D eigenvalue weighted by Crippen LogP contribution is -2.21. The molecule has 3 nitrogen and oxygen atoms in total. The highest BCUT2D eigenvalue weighted by atomic mass is 16.2. The second-order valence-corrected chi connectivity index (χ2v) is 2.88. The molecule has 1 amide bonds. The Labute approximate surface area is 65.8 Å². The molecule has 0 aromatic heterocycles. The van der Waals surface area contributed by atoms with Crippen LogP contribution in [0.25, 0.3) is 0 Å². The summed E-state index contributed by atoms with van der Waals surface area (Å²) in [5.41, 5.74) is -0.626. The standard InChI is InChI=1S/C8H11NO2/c1-4-5-8(2,3)7(11)9-6-10/h4H,1,5H2,2-3H3. The smallest absolute Gasteiger partial charge is 0.262 e. The van der Waals surface area contributed by atoms with Crippen LogP contribution in [0, 0.1) is 5.41 Å². The summed E-state index contributed by atoms with van der Waals surface area (Å²) in [6, 6.07) is 0. The highest BCUT2D eigenvalue weighted by Gasteiger charge is 2.25. The van der Waals surface area contributed by atoms with Gasteiger partial charge in [-0.3, -0.25) is 4.79 Å². The molecule has 0 radical (unpaired) electrons. The maximum Gasteiger partial charge on any atom is 0.262 e. The van der Waals surface area contributed by atoms with Gasteiger partial charge in [0.2, 0.25) is 6.08 Å². The van der Waals surface area contributed by atoms with E-state index < -0.39 is 11.3 Å². The van der Waals surface area contributed by atoms with E-state index in [2.05, 4.69) is 11.6 Å². The molecule has 0 aromatic rings. The lowest BCUT2D eigenvalue weighted by Gasteiger charge is -2.16. The van der Waals surface area contributed by atoms with Crippen molar-refractivity contribution in [3.05, 3.63) is 12.7 Å². The third kappa shape index (κ3) is 2.92. The van der Waals surface area contributed by atoms with E-state index in [1.165, 1.54) is 6.08 Å². The number of allylic oxidation sites excluding steroid dienone is 1. The van der Waals surface area contributed by atoms with Gasteiger partial charge in [-0.15, -0.1) is 11.6 Å². The van der Waals surface area contributed by atoms with E-state index in [-0.39, 0.29) is 0 Å². The number of amides is 1. The summed E-state index contributed by atoms with van der Waals surface area (Å²) in [7, 11) is 0. The molecule has 0 bridgehead atoms. The molecule has 0 spiro atoms. The van der Waals surface area contributed by atoms with Crippen molar-refractivity contribution in [3.8, 4) is 0 Å². The SMILES string of the molecule is C=CCC(C)(C)C(=O)N=C=O. The van der Waals surface area contributed by atoms with Crippen LogP contribution in [0.3, 0.4) is 0 Å². The molecule has 0 unspecified atom stereocenters. The summed E-state index contributed by atoms with van der Waals surface area (Å²) < 4.78 is 0. The lowest BCUT2D eigenvalue weighted by atomic mass is 9.89. The number of isocyanates is 1. The van der Waals surface area contributed by atoms with Crippen LogP contribution in [0.2, 0.25) is 0 Å². The summed E-state index contributed by atoms with van der Waals surface area (Å²) in [6.07, 6.45) is 3.36. The minimum absolute atomic E-state index is 0.451. The number of carbonyl (C=O) groups is 1. The molecule has 3 heteroatoms. The zero-order valence-electron chi connectivity index (χ0n) is 6.76. The molecule has 0 rings (SSSR count). The number of nitrogens with zero attached hydrogens (tertiary/aromatic N) is 1. The average Bonchev–Trinajstić information content (AvgIpc) is 1.88. The van der Waals surface area contributed by atoms with Crippen molar-refractivity contribution < 1.29 is 9.59 Å². The minimum Gasteiger partial charge on any atom is -0.271 e. The molecule has 0 aromatic carbocycles. The Bertz CT molecular complexity index is 212. The number of carbonyl (C=O) groups excluding carboxylic acids is 2. The molecular weight excluding hydrogens is 142 g/mol. The molecule has 0 aliphatic heterocycles. The van der Waals surface area contributed by atoms with Crippen LogP contribution in [0.4, 0.5) is 0 Å². The van der Waals surface area contributed by atoms with Gasteiger partial charge in [0.25, 0.3) is 5.91 Å². The number of aliphatic imine (C=N–C) groups is 1. The van der Waals surface area contributed by atoms with Crippen LogP contribution < -0.4 is 0 Å². The van der Waals surface area contributed by atoms with Gasteiger partial charge < -0.3 is 0 Å². The summed E-state index contributed by atoms with van der Waals surface area (Å²) in [4.78, 5) is 23.7. The number of hydrogen-bond donors (Lipinski definition) is 0. The Balaban J connectivity index is 4.40. The first-order chi connectivity index (χ1) is 5.04. The molecule has 0 saturated heterocycles. The van der Waals surface area contributed by atoms with Gasteiger partial charge in [-0.25, -0.2) is 4.79 Å². The van der Waals surface area contributed by atoms with E-state index in [4.69, 9.17) is 0 Å². The molecule has 0 aliphatic rings. The molecule has 11 heavy (non-hydrogen) atoms. The van der Waals surface area contributed by atoms with Gasteiger partial charge in [0.1, 0.15) is 0 Å². The van der Waals surface area contributed by atoms with Crippen molar-refractivity contribution in [1.82, 2.24) is 0 Å². The van der Waals surface area contributed by atoms with Crippen LogP contribution in [-0.4, -0.2) is 12.0 Å². The van der Waals surface area contributed by atoms with Gasteiger partial charge in [0.15, 0.2) is 0 Å². The van der Waals surface area contributed by atoms with Crippen LogP contribution in [0.15, 0.2) is 17.6 Å². The van der Waals surface area contributed by atoms with Crippen molar-refractivity contribution >= 4 is 12.0 Å². The Morgan fingerprint density at radius 2 is 2.27 bits per heavy atom. The Hall–Kier alpha value is -1.21. The number of rotatable bonds is 3. The fourth-order valence-electron chi connectivity index (χ4n) is 0.641. The fourth-order valence-corrected chi connectivity index (χ4v) is 0.641. The Kier molecular flexibility index (Phi) is 3.42. The molecule has 0 fully saturated rings. The van der Waals surface area contributed by atoms with E-state index in [0.717, 1.165) is 0 Å². The molecular formula is C8H11NO2. The molecule has 0 aliphatic carbocycles. The molecule has 60 valence electrons. The summed E-state index contributed by atoms with van der Waals surface area (Å²) >= 11 is 0. The van der Waals surface area contributed by atoms with Crippen molar-refractivity contribution in [1.29, 1.82) is 0 Å². The molecule has 0 heterocycles. The van der Waals surface area contributed by atoms with Gasteiger partial charge >= 0.3 is 0 Å². The Morgan fingerprint density at radius 3 is 2.64 bits per heavy atom. The largest absolute Gasteiger partial charge is 0.271 e. The average molecular weight is 153 g/mol. The third-order valence-electron chi connectivity index (χ3n) is 1.38. The summed E-state index contributed by atoms with van der Waals surface area (Å²) in [5.74, 6) is -0.451. The quantitative estimate of drug-likeness (QED) is 0.350. The summed E-state index contributed by atoms with van der Waals surface area (Å²) in [5, 5.41) is 0. The number of hydrogen-bond acceptors (Lipinski definition) is 2. The molecule has 0 saturated carbocycles. The van der Waals surface area contributed by atoms with E-state index in [9.17, 15) is 9.59 Å². The van der Waals surface area contributed by atoms with Gasteiger partial charge in [-0.2, -0.15) is 0 Å². The molecule has 0 atom stereocenters. The normalized spacial score (nSPS) is 10.0. The van der Waals surface area contributed by atoms with E-state index in [0.29, 0.717) is 6.42 Å². The first-order valence-electron chi connectivity index (χ1n) is 3.28. The van der Waals surface area contributed by atoms with E-state index in [1.54, 1.807) is 19.9 Å². The predicted molar refractivity (Wildman–Crippen MR) is 41.7 cm³/mol.